The zero-order chi connectivity index (χ0) is 16.5. The molecule has 3 aromatic heterocycles. The Kier molecular flexibility index (Phi) is 3.90. The molecule has 0 aliphatic rings. The number of aromatic nitrogens is 3. The normalized spacial score (nSPS) is 11.4. The Morgan fingerprint density at radius 3 is 2.79 bits per heavy atom. The Hall–Kier alpha value is -2.47. The van der Waals surface area contributed by atoms with E-state index in [1.165, 1.54) is 0 Å². The van der Waals surface area contributed by atoms with Crippen molar-refractivity contribution in [3.8, 4) is 11.7 Å². The van der Waals surface area contributed by atoms with E-state index in [1.54, 1.807) is 18.0 Å². The summed E-state index contributed by atoms with van der Waals surface area (Å²) in [5.41, 5.74) is 3.10. The van der Waals surface area contributed by atoms with Crippen LogP contribution in [0.5, 0.6) is 0 Å². The fraction of sp³-hybridized carbons (Fsp3) is 0.222. The van der Waals surface area contributed by atoms with Crippen LogP contribution in [0.4, 0.5) is 0 Å². The maximum Gasteiger partial charge on any atom is 0.263 e. The van der Waals surface area contributed by atoms with Crippen LogP contribution in [0, 0.1) is 6.92 Å². The second-order valence-electron chi connectivity index (χ2n) is 5.42. The number of nitrogens with zero attached hydrogens (tertiary/aromatic N) is 3. The summed E-state index contributed by atoms with van der Waals surface area (Å²) in [5, 5.41) is 1.00. The summed E-state index contributed by atoms with van der Waals surface area (Å²) in [4.78, 5) is 9.29. The summed E-state index contributed by atoms with van der Waals surface area (Å²) >= 11 is 1.67. The quantitative estimate of drug-likeness (QED) is 0.484. The summed E-state index contributed by atoms with van der Waals surface area (Å²) in [6.07, 6.45) is 1.62. The first-order valence-electron chi connectivity index (χ1n) is 7.84. The molecule has 0 amide bonds. The average molecular weight is 339 g/mol. The van der Waals surface area contributed by atoms with E-state index in [4.69, 9.17) is 13.8 Å². The maximum atomic E-state index is 5.72. The number of furan rings is 1. The predicted molar refractivity (Wildman–Crippen MR) is 93.9 cm³/mol. The lowest BCUT2D eigenvalue weighted by Gasteiger charge is -2.04. The van der Waals surface area contributed by atoms with Crippen molar-refractivity contribution in [2.75, 3.05) is 0 Å². The van der Waals surface area contributed by atoms with E-state index >= 15 is 0 Å². The zero-order valence-corrected chi connectivity index (χ0v) is 14.3. The van der Waals surface area contributed by atoms with Gasteiger partial charge in [-0.05, 0) is 38.1 Å². The van der Waals surface area contributed by atoms with Gasteiger partial charge in [0.05, 0.1) is 23.0 Å². The molecule has 1 aromatic carbocycles. The van der Waals surface area contributed by atoms with Crippen molar-refractivity contribution >= 4 is 22.8 Å². The Morgan fingerprint density at radius 1 is 1.12 bits per heavy atom. The molecule has 24 heavy (non-hydrogen) atoms. The van der Waals surface area contributed by atoms with Gasteiger partial charge in [-0.1, -0.05) is 23.9 Å². The van der Waals surface area contributed by atoms with E-state index in [-0.39, 0.29) is 0 Å². The first kappa shape index (κ1) is 15.1. The highest BCUT2D eigenvalue weighted by atomic mass is 32.2. The monoisotopic (exact) mass is 339 g/mol. The zero-order valence-electron chi connectivity index (χ0n) is 13.5. The Labute approximate surface area is 143 Å². The molecular formula is C18H17N3O2S. The third kappa shape index (κ3) is 2.63. The molecule has 0 bridgehead atoms. The van der Waals surface area contributed by atoms with Gasteiger partial charge < -0.3 is 13.4 Å². The predicted octanol–water partition coefficient (Wildman–Crippen LogP) is 4.90. The summed E-state index contributed by atoms with van der Waals surface area (Å²) in [7, 11) is 0. The fourth-order valence-electron chi connectivity index (χ4n) is 2.67. The van der Waals surface area contributed by atoms with Gasteiger partial charge in [-0.25, -0.2) is 9.97 Å². The van der Waals surface area contributed by atoms with Crippen molar-refractivity contribution in [3.63, 3.8) is 0 Å². The van der Waals surface area contributed by atoms with Gasteiger partial charge in [-0.15, -0.1) is 0 Å². The van der Waals surface area contributed by atoms with Crippen LogP contribution in [0.1, 0.15) is 18.4 Å². The number of aryl methyl sites for hydroxylation is 2. The van der Waals surface area contributed by atoms with Gasteiger partial charge in [0.1, 0.15) is 5.76 Å². The lowest BCUT2D eigenvalue weighted by atomic mass is 10.3. The van der Waals surface area contributed by atoms with Crippen molar-refractivity contribution in [3.05, 3.63) is 54.1 Å². The van der Waals surface area contributed by atoms with Gasteiger partial charge in [-0.2, -0.15) is 0 Å². The molecule has 0 fully saturated rings. The van der Waals surface area contributed by atoms with Gasteiger partial charge in [0.15, 0.2) is 10.9 Å². The van der Waals surface area contributed by atoms with E-state index in [0.29, 0.717) is 17.4 Å². The van der Waals surface area contributed by atoms with Crippen LogP contribution in [0.15, 0.2) is 56.7 Å². The second kappa shape index (κ2) is 6.20. The van der Waals surface area contributed by atoms with Crippen LogP contribution in [-0.4, -0.2) is 14.5 Å². The van der Waals surface area contributed by atoms with E-state index in [1.807, 2.05) is 37.3 Å². The Bertz CT molecular complexity index is 970. The molecule has 0 N–H and O–H groups in total. The number of oxazole rings is 1. The number of para-hydroxylation sites is 2. The largest absolute Gasteiger partial charge is 0.459 e. The fourth-order valence-corrected chi connectivity index (χ4v) is 3.75. The van der Waals surface area contributed by atoms with Gasteiger partial charge in [0, 0.05) is 12.3 Å². The molecule has 0 spiro atoms. The van der Waals surface area contributed by atoms with Gasteiger partial charge in [0.25, 0.3) is 5.89 Å². The third-order valence-corrected chi connectivity index (χ3v) is 4.89. The summed E-state index contributed by atoms with van der Waals surface area (Å²) in [6, 6.07) is 11.9. The maximum absolute atomic E-state index is 5.72. The molecule has 5 nitrogen and oxygen atoms in total. The summed E-state index contributed by atoms with van der Waals surface area (Å²) < 4.78 is 13.3. The number of thioether (sulfide) groups is 1. The minimum atomic E-state index is 0.525. The summed E-state index contributed by atoms with van der Waals surface area (Å²) in [6.45, 7) is 4.95. The molecule has 0 atom stereocenters. The first-order chi connectivity index (χ1) is 11.8. The van der Waals surface area contributed by atoms with Crippen LogP contribution < -0.4 is 0 Å². The highest BCUT2D eigenvalue weighted by molar-refractivity contribution is 7.98. The average Bonchev–Trinajstić information content (AvgIpc) is 3.31. The topological polar surface area (TPSA) is 57.0 Å². The smallest absolute Gasteiger partial charge is 0.263 e. The van der Waals surface area contributed by atoms with Crippen molar-refractivity contribution < 1.29 is 8.83 Å². The van der Waals surface area contributed by atoms with Crippen molar-refractivity contribution in [2.24, 2.45) is 0 Å². The third-order valence-electron chi connectivity index (χ3n) is 3.90. The molecule has 0 aliphatic heterocycles. The van der Waals surface area contributed by atoms with Crippen LogP contribution in [-0.2, 0) is 12.3 Å². The minimum Gasteiger partial charge on any atom is -0.459 e. The van der Waals surface area contributed by atoms with Crippen LogP contribution in [0.2, 0.25) is 0 Å². The number of imidazole rings is 1. The van der Waals surface area contributed by atoms with Crippen molar-refractivity contribution in [2.45, 2.75) is 31.3 Å². The lowest BCUT2D eigenvalue weighted by molar-refractivity contribution is 0.500. The number of hydrogen-bond acceptors (Lipinski definition) is 5. The molecule has 0 aliphatic carbocycles. The minimum absolute atomic E-state index is 0.525. The molecule has 0 radical (unpaired) electrons. The first-order valence-corrected chi connectivity index (χ1v) is 8.83. The highest BCUT2D eigenvalue weighted by Crippen LogP contribution is 2.29. The van der Waals surface area contributed by atoms with Crippen molar-refractivity contribution in [1.82, 2.24) is 14.5 Å². The number of benzene rings is 1. The van der Waals surface area contributed by atoms with E-state index in [2.05, 4.69) is 22.5 Å². The SMILES string of the molecule is CCn1c(SCc2nc(-c3ccco3)oc2C)nc2ccccc21. The molecule has 4 rings (SSSR count). The molecular weight excluding hydrogens is 322 g/mol. The lowest BCUT2D eigenvalue weighted by Crippen LogP contribution is -1.96. The van der Waals surface area contributed by atoms with Crippen LogP contribution in [0.3, 0.4) is 0 Å². The molecule has 0 saturated carbocycles. The second-order valence-corrected chi connectivity index (χ2v) is 6.36. The number of rotatable bonds is 5. The van der Waals surface area contributed by atoms with E-state index < -0.39 is 0 Å². The van der Waals surface area contributed by atoms with Gasteiger partial charge in [-0.3, -0.25) is 0 Å². The molecule has 6 heteroatoms. The number of hydrogen-bond donors (Lipinski definition) is 0. The number of fused-ring (bicyclic) bond motifs is 1. The molecule has 0 saturated heterocycles. The Morgan fingerprint density at radius 2 is 2.00 bits per heavy atom. The summed E-state index contributed by atoms with van der Waals surface area (Å²) in [5.74, 6) is 2.69. The van der Waals surface area contributed by atoms with E-state index in [0.717, 1.165) is 34.2 Å². The van der Waals surface area contributed by atoms with Crippen molar-refractivity contribution in [1.29, 1.82) is 0 Å². The van der Waals surface area contributed by atoms with Crippen LogP contribution >= 0.6 is 11.8 Å². The highest BCUT2D eigenvalue weighted by Gasteiger charge is 2.15. The molecule has 4 aromatic rings. The molecule has 122 valence electrons. The standard InChI is InChI=1S/C18H17N3O2S/c1-3-21-15-8-5-4-7-13(15)20-18(21)24-11-14-12(2)23-17(19-14)16-9-6-10-22-16/h4-10H,3,11H2,1-2H3. The molecule has 0 unspecified atom stereocenters. The van der Waals surface area contributed by atoms with Crippen LogP contribution in [0.25, 0.3) is 22.7 Å². The van der Waals surface area contributed by atoms with Gasteiger partial charge in [0.2, 0.25) is 0 Å². The Balaban J connectivity index is 1.59. The van der Waals surface area contributed by atoms with E-state index in [9.17, 15) is 0 Å². The molecule has 3 heterocycles. The van der Waals surface area contributed by atoms with Gasteiger partial charge >= 0.3 is 0 Å².